The van der Waals surface area contributed by atoms with Gasteiger partial charge in [-0.3, -0.25) is 4.79 Å². The summed E-state index contributed by atoms with van der Waals surface area (Å²) in [6.45, 7) is 16.0. The average molecular weight is 1070 g/mol. The van der Waals surface area contributed by atoms with Crippen molar-refractivity contribution in [3.63, 3.8) is 0 Å². The Kier molecular flexibility index (Phi) is 15.8. The summed E-state index contributed by atoms with van der Waals surface area (Å²) < 4.78 is 47.9. The monoisotopic (exact) mass is 1070 g/mol. The lowest BCUT2D eigenvalue weighted by atomic mass is 9.33. The second kappa shape index (κ2) is 20.5. The van der Waals surface area contributed by atoms with Gasteiger partial charge in [-0.1, -0.05) is 60.1 Å². The maximum Gasteiger partial charge on any atom is 0.335 e. The number of carbonyl (C=O) groups is 2. The summed E-state index contributed by atoms with van der Waals surface area (Å²) in [5.41, 5.74) is -1.27. The van der Waals surface area contributed by atoms with Crippen molar-refractivity contribution >= 4 is 11.9 Å². The van der Waals surface area contributed by atoms with Crippen molar-refractivity contribution in [2.75, 3.05) is 13.2 Å². The van der Waals surface area contributed by atoms with E-state index in [-0.39, 0.29) is 39.4 Å². The third kappa shape index (κ3) is 9.36. The Morgan fingerprint density at radius 3 is 1.96 bits per heavy atom. The second-order valence-corrected chi connectivity index (χ2v) is 25.8. The maximum atomic E-state index is 14.8. The fourth-order valence-corrected chi connectivity index (χ4v) is 16.1. The molecule has 5 aliphatic carbocycles. The summed E-state index contributed by atoms with van der Waals surface area (Å²) in [7, 11) is 0. The van der Waals surface area contributed by atoms with Crippen LogP contribution in [0.4, 0.5) is 0 Å². The lowest BCUT2D eigenvalue weighted by Gasteiger charge is -2.71. The van der Waals surface area contributed by atoms with Crippen molar-refractivity contribution in [1.82, 2.24) is 0 Å². The molecule has 0 radical (unpaired) electrons. The number of aliphatic carboxylic acids is 1. The van der Waals surface area contributed by atoms with Crippen LogP contribution in [0.3, 0.4) is 0 Å². The molecule has 2 unspecified atom stereocenters. The normalized spacial score (nSPS) is 53.5. The van der Waals surface area contributed by atoms with E-state index in [4.69, 9.17) is 37.9 Å². The van der Waals surface area contributed by atoms with E-state index in [1.54, 1.807) is 0 Å². The highest BCUT2D eigenvalue weighted by molar-refractivity contribution is 5.79. The van der Waals surface area contributed by atoms with Crippen LogP contribution in [-0.4, -0.2) is 209 Å². The Labute approximate surface area is 437 Å². The van der Waals surface area contributed by atoms with Gasteiger partial charge >= 0.3 is 11.9 Å². The second-order valence-electron chi connectivity index (χ2n) is 25.8. The minimum atomic E-state index is -1.97. The van der Waals surface area contributed by atoms with Crippen LogP contribution in [0, 0.1) is 50.2 Å². The SMILES string of the molecule is C[C@@H]1O[C@@H](O[C@H]2[C@H](O)[C@@H](O[C@@H]3OC[C@@H](O)[C@H](O)[C@H]3O)[C@H](O[C@H]3CC[C@]4(C)C5CC=C6C7CC(C)(C)CC[C@]7(C(=O)O[C@@H]7O[C@H](CO)[C@@H](O)[C@H](O)[C@H]7O)CC[C@@]6(C)[C@]5(C)CC[C@H]4C3(C)C)O[C@@H]2C(=O)O)[C@H](O)[C@H](O)[C@H]1O. The minimum Gasteiger partial charge on any atom is -0.479 e. The first-order chi connectivity index (χ1) is 35.0. The number of hydrogen-bond acceptors (Lipinski definition) is 21. The molecule has 27 atom stereocenters. The molecule has 0 aromatic carbocycles. The van der Waals surface area contributed by atoms with Gasteiger partial charge in [-0.15, -0.1) is 0 Å². The number of carboxylic acid groups (broad SMARTS) is 1. The fourth-order valence-electron chi connectivity index (χ4n) is 16.1. The van der Waals surface area contributed by atoms with Gasteiger partial charge in [-0.25, -0.2) is 4.79 Å². The van der Waals surface area contributed by atoms with E-state index in [1.165, 1.54) is 12.5 Å². The molecule has 9 rings (SSSR count). The molecule has 75 heavy (non-hydrogen) atoms. The van der Waals surface area contributed by atoms with Crippen LogP contribution in [0.2, 0.25) is 0 Å². The first-order valence-electron chi connectivity index (χ1n) is 27.1. The Bertz CT molecular complexity index is 2120. The summed E-state index contributed by atoms with van der Waals surface area (Å²) in [6, 6.07) is 0. The van der Waals surface area contributed by atoms with E-state index in [1.807, 2.05) is 0 Å². The number of aliphatic hydroxyl groups is 11. The van der Waals surface area contributed by atoms with E-state index in [0.717, 1.165) is 32.1 Å². The molecule has 4 saturated heterocycles. The van der Waals surface area contributed by atoms with E-state index < -0.39 is 159 Å². The van der Waals surface area contributed by atoms with Crippen LogP contribution in [0.1, 0.15) is 120 Å². The molecule has 12 N–H and O–H groups in total. The smallest absolute Gasteiger partial charge is 0.335 e. The molecular weight excluding hydrogens is 989 g/mol. The van der Waals surface area contributed by atoms with Crippen molar-refractivity contribution in [3.8, 4) is 0 Å². The van der Waals surface area contributed by atoms with Gasteiger partial charge in [0.05, 0.1) is 30.8 Å². The Balaban J connectivity index is 0.977. The van der Waals surface area contributed by atoms with Crippen LogP contribution in [0.5, 0.6) is 0 Å². The number of allylic oxidation sites excluding steroid dienone is 2. The molecular formula is C53H84O22. The van der Waals surface area contributed by atoms with Gasteiger partial charge in [0.15, 0.2) is 25.0 Å². The number of esters is 1. The highest BCUT2D eigenvalue weighted by atomic mass is 16.8. The van der Waals surface area contributed by atoms with Gasteiger partial charge in [0.1, 0.15) is 79.4 Å². The molecule has 0 amide bonds. The van der Waals surface area contributed by atoms with Gasteiger partial charge in [-0.2, -0.15) is 0 Å². The highest BCUT2D eigenvalue weighted by Crippen LogP contribution is 2.76. The molecule has 0 aromatic rings. The van der Waals surface area contributed by atoms with E-state index in [9.17, 15) is 70.9 Å². The van der Waals surface area contributed by atoms with Crippen LogP contribution in [0.15, 0.2) is 11.6 Å². The topological polar surface area (TPSA) is 351 Å². The number of fused-ring (bicyclic) bond motifs is 7. The molecule has 8 fully saturated rings. The number of ether oxygens (including phenoxy) is 8. The van der Waals surface area contributed by atoms with Gasteiger partial charge in [0.25, 0.3) is 0 Å². The third-order valence-corrected chi connectivity index (χ3v) is 21.0. The first-order valence-corrected chi connectivity index (χ1v) is 27.1. The highest BCUT2D eigenvalue weighted by Gasteiger charge is 2.70. The van der Waals surface area contributed by atoms with Crippen molar-refractivity contribution < 1.29 is 109 Å². The molecule has 4 aliphatic heterocycles. The standard InChI is InChI=1S/C53H84O22/c1-22-30(56)33(59)36(62)44(69-22)72-39-38(64)40(73-43-35(61)31(57)25(55)21-68-43)46(74-41(39)42(65)66)71-29-12-13-50(6)27(49(29,4)5)11-14-52(8)28(50)10-9-23-24-19-48(2,3)15-17-53(24,18-16-51(23,52)7)47(67)75-45-37(63)34(60)32(58)26(20-54)70-45/h9,22,24-41,43-46,54-64H,10-21H2,1-8H3,(H,65,66)/t22-,24?,25+,26+,27-,28?,29-,30-,31-,32+,33+,34-,35+,36+,37+,38-,39-,40+,41-,43-,44-,45-,46+,50-,51+,52+,53-/m0/s1. The lowest BCUT2D eigenvalue weighted by Crippen LogP contribution is -2.68. The Hall–Kier alpha value is -2.04. The van der Waals surface area contributed by atoms with Crippen molar-refractivity contribution in [3.05, 3.63) is 11.6 Å². The molecule has 22 nitrogen and oxygen atoms in total. The quantitative estimate of drug-likeness (QED) is 0.0761. The molecule has 9 aliphatic rings. The predicted molar refractivity (Wildman–Crippen MR) is 256 cm³/mol. The number of carbonyl (C=O) groups excluding carboxylic acids is 1. The van der Waals surface area contributed by atoms with Gasteiger partial charge < -0.3 is 99.2 Å². The van der Waals surface area contributed by atoms with Gasteiger partial charge in [-0.05, 0) is 116 Å². The molecule has 22 heteroatoms. The number of hydrogen-bond donors (Lipinski definition) is 12. The summed E-state index contributed by atoms with van der Waals surface area (Å²) in [5.74, 6) is -2.09. The van der Waals surface area contributed by atoms with Crippen LogP contribution < -0.4 is 0 Å². The van der Waals surface area contributed by atoms with Crippen molar-refractivity contribution in [2.24, 2.45) is 50.2 Å². The molecule has 0 spiro atoms. The van der Waals surface area contributed by atoms with Gasteiger partial charge in [0.2, 0.25) is 6.29 Å². The van der Waals surface area contributed by atoms with Gasteiger partial charge in [0, 0.05) is 0 Å². The minimum absolute atomic E-state index is 0.0401. The predicted octanol–water partition coefficient (Wildman–Crippen LogP) is -0.276. The zero-order valence-corrected chi connectivity index (χ0v) is 44.3. The zero-order valence-electron chi connectivity index (χ0n) is 44.3. The van der Waals surface area contributed by atoms with Crippen molar-refractivity contribution in [2.45, 2.75) is 242 Å². The van der Waals surface area contributed by atoms with Crippen LogP contribution >= 0.6 is 0 Å². The van der Waals surface area contributed by atoms with E-state index >= 15 is 0 Å². The summed E-state index contributed by atoms with van der Waals surface area (Å²) >= 11 is 0. The fraction of sp³-hybridized carbons (Fsp3) is 0.925. The molecule has 4 heterocycles. The lowest BCUT2D eigenvalue weighted by molar-refractivity contribution is -0.385. The summed E-state index contributed by atoms with van der Waals surface area (Å²) in [4.78, 5) is 27.8. The summed E-state index contributed by atoms with van der Waals surface area (Å²) in [6.07, 6.45) is -23.1. The Morgan fingerprint density at radius 2 is 1.28 bits per heavy atom. The van der Waals surface area contributed by atoms with Crippen LogP contribution in [0.25, 0.3) is 0 Å². The molecule has 428 valence electrons. The van der Waals surface area contributed by atoms with E-state index in [0.29, 0.717) is 32.1 Å². The van der Waals surface area contributed by atoms with Crippen LogP contribution in [-0.2, 0) is 47.5 Å². The van der Waals surface area contributed by atoms with E-state index in [2.05, 4.69) is 54.5 Å². The summed E-state index contributed by atoms with van der Waals surface area (Å²) in [5, 5.41) is 128. The zero-order chi connectivity index (χ0) is 54.9. The third-order valence-electron chi connectivity index (χ3n) is 21.0. The number of carboxylic acids is 1. The number of aliphatic hydroxyl groups excluding tert-OH is 11. The number of rotatable bonds is 10. The molecule has 4 saturated carbocycles. The Morgan fingerprint density at radius 1 is 0.640 bits per heavy atom. The largest absolute Gasteiger partial charge is 0.479 e. The average Bonchev–Trinajstić information content (AvgIpc) is 3.35. The maximum absolute atomic E-state index is 14.8. The molecule has 0 aromatic heterocycles. The van der Waals surface area contributed by atoms with Crippen molar-refractivity contribution in [1.29, 1.82) is 0 Å². The first kappa shape index (κ1) is 57.6. The molecule has 0 bridgehead atoms.